The maximum Gasteiger partial charge on any atom is 0.417 e. The molecule has 178 valence electrons. The molecule has 0 spiro atoms. The summed E-state index contributed by atoms with van der Waals surface area (Å²) in [5, 5.41) is 10.0. The fourth-order valence-corrected chi connectivity index (χ4v) is 3.82. The van der Waals surface area contributed by atoms with Gasteiger partial charge < -0.3 is 4.42 Å². The van der Waals surface area contributed by atoms with E-state index < -0.39 is 41.0 Å². The van der Waals surface area contributed by atoms with Crippen LogP contribution in [0.1, 0.15) is 16.7 Å². The molecule has 0 bridgehead atoms. The molecule has 0 fully saturated rings. The number of pyridine rings is 2. The molecule has 0 unspecified atom stereocenters. The van der Waals surface area contributed by atoms with Gasteiger partial charge in [0.15, 0.2) is 5.76 Å². The molecular formula is C24H14F5N3O2S. The number of nitrogens with zero attached hydrogens (tertiary/aromatic N) is 3. The number of hydrogen-bond donors (Lipinski definition) is 0. The first-order valence-corrected chi connectivity index (χ1v) is 11.1. The smallest absolute Gasteiger partial charge is 0.417 e. The summed E-state index contributed by atoms with van der Waals surface area (Å²) in [4.78, 5) is 17.2. The second-order valence-corrected chi connectivity index (χ2v) is 8.17. The summed E-state index contributed by atoms with van der Waals surface area (Å²) in [5.74, 6) is -1.98. The lowest BCUT2D eigenvalue weighted by Gasteiger charge is -2.16. The van der Waals surface area contributed by atoms with E-state index in [4.69, 9.17) is 4.42 Å². The summed E-state index contributed by atoms with van der Waals surface area (Å²) in [6.07, 6.45) is -0.318. The molecule has 5 nitrogen and oxygen atoms in total. The lowest BCUT2D eigenvalue weighted by molar-refractivity contribution is -0.137. The molecule has 0 aliphatic carbocycles. The Morgan fingerprint density at radius 3 is 2.49 bits per heavy atom. The molecule has 11 heteroatoms. The minimum atomic E-state index is -5.01. The van der Waals surface area contributed by atoms with Crippen molar-refractivity contribution in [3.05, 3.63) is 93.6 Å². The van der Waals surface area contributed by atoms with Crippen LogP contribution in [-0.4, -0.2) is 15.8 Å². The summed E-state index contributed by atoms with van der Waals surface area (Å²) < 4.78 is 75.0. The van der Waals surface area contributed by atoms with Crippen LogP contribution in [0.15, 0.2) is 69.2 Å². The van der Waals surface area contributed by atoms with Crippen LogP contribution in [0.4, 0.5) is 22.0 Å². The third-order valence-corrected chi connectivity index (χ3v) is 5.85. The quantitative estimate of drug-likeness (QED) is 0.243. The number of alkyl halides is 3. The van der Waals surface area contributed by atoms with Crippen LogP contribution < -0.4 is 5.56 Å². The Labute approximate surface area is 199 Å². The number of hydrogen-bond acceptors (Lipinski definition) is 5. The Morgan fingerprint density at radius 2 is 1.89 bits per heavy atom. The average Bonchev–Trinajstić information content (AvgIpc) is 3.31. The van der Waals surface area contributed by atoms with Gasteiger partial charge in [0, 0.05) is 29.0 Å². The molecule has 0 saturated carbocycles. The van der Waals surface area contributed by atoms with E-state index in [0.717, 1.165) is 21.7 Å². The van der Waals surface area contributed by atoms with Gasteiger partial charge in [0.25, 0.3) is 5.56 Å². The largest absolute Gasteiger partial charge is 0.462 e. The molecule has 0 saturated heterocycles. The second kappa shape index (κ2) is 9.38. The van der Waals surface area contributed by atoms with Crippen molar-refractivity contribution in [1.29, 1.82) is 5.26 Å². The predicted octanol–water partition coefficient (Wildman–Crippen LogP) is 6.11. The molecule has 0 aliphatic heterocycles. The van der Waals surface area contributed by atoms with Gasteiger partial charge in [-0.15, -0.1) is 11.8 Å². The van der Waals surface area contributed by atoms with E-state index >= 15 is 0 Å². The zero-order valence-electron chi connectivity index (χ0n) is 17.9. The molecule has 3 heterocycles. The highest BCUT2D eigenvalue weighted by molar-refractivity contribution is 7.98. The van der Waals surface area contributed by atoms with E-state index in [-0.39, 0.29) is 17.0 Å². The highest BCUT2D eigenvalue weighted by atomic mass is 32.2. The van der Waals surface area contributed by atoms with E-state index in [0.29, 0.717) is 23.3 Å². The Bertz CT molecular complexity index is 1500. The Morgan fingerprint density at radius 1 is 1.11 bits per heavy atom. The topological polar surface area (TPSA) is 71.8 Å². The molecule has 4 rings (SSSR count). The molecule has 0 aliphatic rings. The standard InChI is InChI=1S/C24H14F5N3O2S/c1-35-22-5-3-13(10-31-22)15-6-21(34-12-15)20-8-18(24(27,28)29)17(9-30)23(33)32(20)11-14-2-4-16(25)7-19(14)26/h2-8,10,12H,11H2,1H3. The van der Waals surface area contributed by atoms with Crippen molar-refractivity contribution >= 4 is 11.8 Å². The lowest BCUT2D eigenvalue weighted by atomic mass is 10.1. The molecular weight excluding hydrogens is 489 g/mol. The Balaban J connectivity index is 1.91. The number of nitriles is 1. The van der Waals surface area contributed by atoms with Crippen LogP contribution in [0.5, 0.6) is 0 Å². The fourth-order valence-electron chi connectivity index (χ4n) is 3.45. The van der Waals surface area contributed by atoms with E-state index in [2.05, 4.69) is 4.98 Å². The van der Waals surface area contributed by atoms with Crippen LogP contribution in [-0.2, 0) is 12.7 Å². The van der Waals surface area contributed by atoms with Crippen molar-refractivity contribution < 1.29 is 26.4 Å². The number of benzene rings is 1. The first kappa shape index (κ1) is 24.2. The fraction of sp³-hybridized carbons (Fsp3) is 0.125. The lowest BCUT2D eigenvalue weighted by Crippen LogP contribution is -2.29. The number of aromatic nitrogens is 2. The number of rotatable bonds is 5. The minimum Gasteiger partial charge on any atom is -0.462 e. The highest BCUT2D eigenvalue weighted by Crippen LogP contribution is 2.35. The van der Waals surface area contributed by atoms with Crippen molar-refractivity contribution in [2.24, 2.45) is 0 Å². The first-order chi connectivity index (χ1) is 16.6. The minimum absolute atomic E-state index is 0.122. The molecule has 0 amide bonds. The monoisotopic (exact) mass is 503 g/mol. The summed E-state index contributed by atoms with van der Waals surface area (Å²) >= 11 is 1.43. The van der Waals surface area contributed by atoms with Crippen molar-refractivity contribution in [2.75, 3.05) is 6.26 Å². The molecule has 0 N–H and O–H groups in total. The molecule has 0 radical (unpaired) electrons. The molecule has 3 aromatic heterocycles. The van der Waals surface area contributed by atoms with E-state index in [1.165, 1.54) is 30.2 Å². The van der Waals surface area contributed by atoms with E-state index in [1.807, 2.05) is 6.26 Å². The third kappa shape index (κ3) is 4.83. The second-order valence-electron chi connectivity index (χ2n) is 7.34. The van der Waals surface area contributed by atoms with Gasteiger partial charge in [-0.1, -0.05) is 12.1 Å². The van der Waals surface area contributed by atoms with E-state index in [1.54, 1.807) is 18.3 Å². The van der Waals surface area contributed by atoms with Gasteiger partial charge in [0.2, 0.25) is 0 Å². The van der Waals surface area contributed by atoms with Crippen LogP contribution in [0.3, 0.4) is 0 Å². The maximum atomic E-state index is 14.3. The van der Waals surface area contributed by atoms with Crippen molar-refractivity contribution in [3.63, 3.8) is 0 Å². The molecule has 1 aromatic carbocycles. The number of halogens is 5. The maximum absolute atomic E-state index is 14.3. The van der Waals surface area contributed by atoms with Gasteiger partial charge in [-0.25, -0.2) is 13.8 Å². The molecule has 35 heavy (non-hydrogen) atoms. The number of thioether (sulfide) groups is 1. The summed E-state index contributed by atoms with van der Waals surface area (Å²) in [6, 6.07) is 9.42. The number of furan rings is 1. The van der Waals surface area contributed by atoms with Gasteiger partial charge in [0.05, 0.1) is 29.1 Å². The van der Waals surface area contributed by atoms with Gasteiger partial charge in [-0.05, 0) is 30.5 Å². The van der Waals surface area contributed by atoms with Crippen molar-refractivity contribution in [2.45, 2.75) is 17.7 Å². The summed E-state index contributed by atoms with van der Waals surface area (Å²) in [7, 11) is 0. The van der Waals surface area contributed by atoms with Crippen LogP contribution in [0.2, 0.25) is 0 Å². The Hall–Kier alpha value is -3.91. The van der Waals surface area contributed by atoms with Gasteiger partial charge >= 0.3 is 6.18 Å². The van der Waals surface area contributed by atoms with Gasteiger partial charge in [-0.2, -0.15) is 18.4 Å². The highest BCUT2D eigenvalue weighted by Gasteiger charge is 2.37. The predicted molar refractivity (Wildman–Crippen MR) is 119 cm³/mol. The van der Waals surface area contributed by atoms with Crippen molar-refractivity contribution in [1.82, 2.24) is 9.55 Å². The zero-order chi connectivity index (χ0) is 25.3. The molecule has 4 aromatic rings. The zero-order valence-corrected chi connectivity index (χ0v) is 18.7. The van der Waals surface area contributed by atoms with Gasteiger partial charge in [-0.3, -0.25) is 9.36 Å². The average molecular weight is 503 g/mol. The molecule has 0 atom stereocenters. The third-order valence-electron chi connectivity index (χ3n) is 5.19. The normalized spacial score (nSPS) is 11.5. The van der Waals surface area contributed by atoms with Crippen LogP contribution in [0, 0.1) is 23.0 Å². The van der Waals surface area contributed by atoms with Crippen LogP contribution in [0.25, 0.3) is 22.6 Å². The van der Waals surface area contributed by atoms with Crippen molar-refractivity contribution in [3.8, 4) is 28.7 Å². The van der Waals surface area contributed by atoms with Gasteiger partial charge in [0.1, 0.15) is 23.3 Å². The SMILES string of the molecule is CSc1ccc(-c2coc(-c3cc(C(F)(F)F)c(C#N)c(=O)n3Cc3ccc(F)cc3F)c2)cn1. The Kier molecular flexibility index (Phi) is 6.49. The van der Waals surface area contributed by atoms with Crippen LogP contribution >= 0.6 is 11.8 Å². The summed E-state index contributed by atoms with van der Waals surface area (Å²) in [5.41, 5.74) is -3.28. The summed E-state index contributed by atoms with van der Waals surface area (Å²) in [6.45, 7) is -0.562. The first-order valence-electron chi connectivity index (χ1n) is 9.90. The van der Waals surface area contributed by atoms with E-state index in [9.17, 15) is 32.0 Å².